The van der Waals surface area contributed by atoms with Crippen LogP contribution in [0.3, 0.4) is 0 Å². The smallest absolute Gasteiger partial charge is 0.411 e. The van der Waals surface area contributed by atoms with Crippen molar-refractivity contribution in [1.82, 2.24) is 4.98 Å². The van der Waals surface area contributed by atoms with Crippen molar-refractivity contribution in [3.05, 3.63) is 24.0 Å². The molecule has 1 unspecified atom stereocenters. The molecule has 0 spiro atoms. The normalized spacial score (nSPS) is 13.3. The molecule has 0 fully saturated rings. The van der Waals surface area contributed by atoms with E-state index in [9.17, 15) is 13.2 Å². The zero-order valence-electron chi connectivity index (χ0n) is 10.6. The van der Waals surface area contributed by atoms with Gasteiger partial charge in [-0.15, -0.1) is 0 Å². The van der Waals surface area contributed by atoms with Crippen molar-refractivity contribution in [2.45, 2.75) is 32.0 Å². The van der Waals surface area contributed by atoms with Crippen LogP contribution in [0.4, 0.5) is 13.2 Å². The van der Waals surface area contributed by atoms with Gasteiger partial charge < -0.3 is 15.2 Å². The number of alkyl halides is 3. The zero-order valence-corrected chi connectivity index (χ0v) is 10.6. The highest BCUT2D eigenvalue weighted by atomic mass is 19.4. The number of ether oxygens (including phenoxy) is 2. The average Bonchev–Trinajstić information content (AvgIpc) is 2.35. The fraction of sp³-hybridized carbons (Fsp3) is 0.583. The fourth-order valence-electron chi connectivity index (χ4n) is 1.30. The van der Waals surface area contributed by atoms with E-state index in [1.54, 1.807) is 12.1 Å². The first kappa shape index (κ1) is 15.7. The van der Waals surface area contributed by atoms with Crippen molar-refractivity contribution in [3.63, 3.8) is 0 Å². The van der Waals surface area contributed by atoms with Gasteiger partial charge in [-0.05, 0) is 18.6 Å². The minimum atomic E-state index is -4.35. The molecule has 0 aliphatic heterocycles. The predicted molar refractivity (Wildman–Crippen MR) is 63.7 cm³/mol. The lowest BCUT2D eigenvalue weighted by Gasteiger charge is -2.10. The maximum atomic E-state index is 11.8. The molecule has 1 atom stereocenters. The quantitative estimate of drug-likeness (QED) is 0.614. The number of pyridine rings is 1. The third-order valence-corrected chi connectivity index (χ3v) is 2.37. The second kappa shape index (κ2) is 7.30. The number of halogens is 3. The van der Waals surface area contributed by atoms with Crippen LogP contribution < -0.4 is 10.5 Å². The van der Waals surface area contributed by atoms with Crippen LogP contribution in [0.5, 0.6) is 5.75 Å². The van der Waals surface area contributed by atoms with Crippen LogP contribution in [0.15, 0.2) is 18.3 Å². The van der Waals surface area contributed by atoms with Crippen molar-refractivity contribution >= 4 is 0 Å². The Morgan fingerprint density at radius 1 is 1.37 bits per heavy atom. The number of hydrogen-bond donors (Lipinski definition) is 1. The number of hydrogen-bond acceptors (Lipinski definition) is 4. The van der Waals surface area contributed by atoms with Gasteiger partial charge in [-0.2, -0.15) is 13.2 Å². The summed E-state index contributed by atoms with van der Waals surface area (Å²) in [6.07, 6.45) is -1.40. The predicted octanol–water partition coefficient (Wildman–Crippen LogP) is 2.28. The van der Waals surface area contributed by atoms with E-state index in [-0.39, 0.29) is 6.04 Å². The van der Waals surface area contributed by atoms with E-state index in [0.717, 1.165) is 12.1 Å². The maximum Gasteiger partial charge on any atom is 0.411 e. The lowest BCUT2D eigenvalue weighted by Crippen LogP contribution is -2.21. The van der Waals surface area contributed by atoms with Gasteiger partial charge in [-0.25, -0.2) is 0 Å². The SMILES string of the molecule is CCC(N)Cc1ccc(OCOCC(F)(F)F)cn1. The zero-order chi connectivity index (χ0) is 14.3. The molecule has 1 rings (SSSR count). The van der Waals surface area contributed by atoms with Crippen molar-refractivity contribution in [1.29, 1.82) is 0 Å². The summed E-state index contributed by atoms with van der Waals surface area (Å²) in [6.45, 7) is 0.193. The summed E-state index contributed by atoms with van der Waals surface area (Å²) < 4.78 is 44.6. The molecular weight excluding hydrogens is 261 g/mol. The van der Waals surface area contributed by atoms with Crippen LogP contribution in [0.2, 0.25) is 0 Å². The van der Waals surface area contributed by atoms with Gasteiger partial charge in [-0.1, -0.05) is 6.92 Å². The van der Waals surface area contributed by atoms with Crippen LogP contribution in [0, 0.1) is 0 Å². The first-order chi connectivity index (χ1) is 8.90. The van der Waals surface area contributed by atoms with Gasteiger partial charge in [0.1, 0.15) is 12.4 Å². The van der Waals surface area contributed by atoms with Gasteiger partial charge >= 0.3 is 6.18 Å². The lowest BCUT2D eigenvalue weighted by molar-refractivity contribution is -0.186. The van der Waals surface area contributed by atoms with Gasteiger partial charge in [0.15, 0.2) is 6.79 Å². The molecule has 0 saturated carbocycles. The van der Waals surface area contributed by atoms with Gasteiger partial charge in [0.2, 0.25) is 0 Å². The van der Waals surface area contributed by atoms with E-state index in [0.29, 0.717) is 12.2 Å². The lowest BCUT2D eigenvalue weighted by atomic mass is 10.1. The standard InChI is InChI=1S/C12H17F3N2O2/c1-2-9(16)5-10-3-4-11(6-17-10)19-8-18-7-12(13,14)15/h3-4,6,9H,2,5,7-8,16H2,1H3. The van der Waals surface area contributed by atoms with Crippen LogP contribution in [-0.2, 0) is 11.2 Å². The van der Waals surface area contributed by atoms with Crippen LogP contribution in [0.1, 0.15) is 19.0 Å². The maximum absolute atomic E-state index is 11.8. The van der Waals surface area contributed by atoms with Gasteiger partial charge in [0, 0.05) is 18.2 Å². The number of nitrogens with zero attached hydrogens (tertiary/aromatic N) is 1. The molecular formula is C12H17F3N2O2. The summed E-state index contributed by atoms with van der Waals surface area (Å²) in [7, 11) is 0. The van der Waals surface area contributed by atoms with Crippen LogP contribution >= 0.6 is 0 Å². The summed E-state index contributed by atoms with van der Waals surface area (Å²) in [4.78, 5) is 4.11. The highest BCUT2D eigenvalue weighted by molar-refractivity contribution is 5.20. The first-order valence-corrected chi connectivity index (χ1v) is 5.88. The molecule has 1 heterocycles. The van der Waals surface area contributed by atoms with Gasteiger partial charge in [0.05, 0.1) is 6.20 Å². The average molecular weight is 278 g/mol. The molecule has 0 bridgehead atoms. The molecule has 1 aromatic heterocycles. The van der Waals surface area contributed by atoms with E-state index in [1.807, 2.05) is 6.92 Å². The summed E-state index contributed by atoms with van der Waals surface area (Å²) in [5.74, 6) is 0.357. The van der Waals surface area contributed by atoms with Crippen molar-refractivity contribution < 1.29 is 22.6 Å². The Hall–Kier alpha value is -1.34. The van der Waals surface area contributed by atoms with Gasteiger partial charge in [0.25, 0.3) is 0 Å². The molecule has 0 aromatic carbocycles. The summed E-state index contributed by atoms with van der Waals surface area (Å²) in [5.41, 5.74) is 6.60. The Bertz CT molecular complexity index is 368. The molecule has 108 valence electrons. The third-order valence-electron chi connectivity index (χ3n) is 2.37. The van der Waals surface area contributed by atoms with E-state index >= 15 is 0 Å². The number of rotatable bonds is 7. The Morgan fingerprint density at radius 2 is 2.11 bits per heavy atom. The molecule has 0 saturated heterocycles. The molecule has 0 aliphatic carbocycles. The summed E-state index contributed by atoms with van der Waals surface area (Å²) in [5, 5.41) is 0. The summed E-state index contributed by atoms with van der Waals surface area (Å²) >= 11 is 0. The van der Waals surface area contributed by atoms with Crippen LogP contribution in [-0.4, -0.2) is 30.6 Å². The molecule has 0 amide bonds. The molecule has 2 N–H and O–H groups in total. The molecule has 4 nitrogen and oxygen atoms in total. The Labute approximate surface area is 109 Å². The van der Waals surface area contributed by atoms with E-state index < -0.39 is 19.6 Å². The summed E-state index contributed by atoms with van der Waals surface area (Å²) in [6, 6.07) is 3.41. The van der Waals surface area contributed by atoms with Gasteiger partial charge in [-0.3, -0.25) is 4.98 Å². The Morgan fingerprint density at radius 3 is 2.63 bits per heavy atom. The van der Waals surface area contributed by atoms with E-state index in [4.69, 9.17) is 10.5 Å². The molecule has 0 radical (unpaired) electrons. The number of aromatic nitrogens is 1. The van der Waals surface area contributed by atoms with Crippen molar-refractivity contribution in [3.8, 4) is 5.75 Å². The second-order valence-electron chi connectivity index (χ2n) is 4.08. The number of nitrogens with two attached hydrogens (primary N) is 1. The topological polar surface area (TPSA) is 57.4 Å². The van der Waals surface area contributed by atoms with E-state index in [1.165, 1.54) is 6.20 Å². The largest absolute Gasteiger partial charge is 0.466 e. The first-order valence-electron chi connectivity index (χ1n) is 5.88. The molecule has 19 heavy (non-hydrogen) atoms. The minimum absolute atomic E-state index is 0.0504. The Balaban J connectivity index is 2.32. The van der Waals surface area contributed by atoms with Crippen molar-refractivity contribution in [2.24, 2.45) is 5.73 Å². The second-order valence-corrected chi connectivity index (χ2v) is 4.08. The van der Waals surface area contributed by atoms with Crippen LogP contribution in [0.25, 0.3) is 0 Å². The fourth-order valence-corrected chi connectivity index (χ4v) is 1.30. The third kappa shape index (κ3) is 6.97. The molecule has 7 heteroatoms. The monoisotopic (exact) mass is 278 g/mol. The Kier molecular flexibility index (Phi) is 6.04. The van der Waals surface area contributed by atoms with Crippen molar-refractivity contribution in [2.75, 3.05) is 13.4 Å². The molecule has 1 aromatic rings. The van der Waals surface area contributed by atoms with E-state index in [2.05, 4.69) is 9.72 Å². The highest BCUT2D eigenvalue weighted by Crippen LogP contribution is 2.15. The highest BCUT2D eigenvalue weighted by Gasteiger charge is 2.27. The minimum Gasteiger partial charge on any atom is -0.466 e. The molecule has 0 aliphatic rings.